The van der Waals surface area contributed by atoms with Crippen molar-refractivity contribution in [1.82, 2.24) is 0 Å². The number of unbranched alkanes of at least 4 members (excludes halogenated alkanes) is 9. The molecule has 0 aromatic heterocycles. The van der Waals surface area contributed by atoms with Crippen LogP contribution in [0.3, 0.4) is 0 Å². The first-order valence-electron chi connectivity index (χ1n) is 23.0. The van der Waals surface area contributed by atoms with Crippen LogP contribution in [0.1, 0.15) is 125 Å². The molecule has 0 radical (unpaired) electrons. The summed E-state index contributed by atoms with van der Waals surface area (Å²) in [6, 6.07) is 48.0. The smallest absolute Gasteiger partial charge is 0.0837 e. The van der Waals surface area contributed by atoms with E-state index in [9.17, 15) is 0 Å². The van der Waals surface area contributed by atoms with Gasteiger partial charge in [-0.3, -0.25) is 0 Å². The minimum Gasteiger partial charge on any atom is -0.324 e. The van der Waals surface area contributed by atoms with Gasteiger partial charge in [0.15, 0.2) is 0 Å². The Labute approximate surface area is 342 Å². The van der Waals surface area contributed by atoms with Gasteiger partial charge in [0.25, 0.3) is 0 Å². The number of rotatable bonds is 22. The SMILES string of the molecule is CCCCCCCC[B-](c1cccc2ccccc12)(c1cccc2ccccc12)c1cccc2ccccc12.CCCC[N+](CCCC)(CCCC)CCCC. The Hall–Kier alpha value is -3.88. The summed E-state index contributed by atoms with van der Waals surface area (Å²) in [5.41, 5.74) is 4.44. The highest BCUT2D eigenvalue weighted by atomic mass is 15.3. The molecule has 0 fully saturated rings. The zero-order chi connectivity index (χ0) is 39.5. The van der Waals surface area contributed by atoms with Crippen molar-refractivity contribution in [2.45, 2.75) is 131 Å². The summed E-state index contributed by atoms with van der Waals surface area (Å²) >= 11 is 0. The van der Waals surface area contributed by atoms with E-state index in [0.29, 0.717) is 0 Å². The van der Waals surface area contributed by atoms with E-state index in [2.05, 4.69) is 162 Å². The molecule has 2 heteroatoms. The Morgan fingerprint density at radius 1 is 0.321 bits per heavy atom. The fourth-order valence-corrected chi connectivity index (χ4v) is 9.89. The van der Waals surface area contributed by atoms with Crippen LogP contribution in [0.25, 0.3) is 32.3 Å². The van der Waals surface area contributed by atoms with Crippen LogP contribution in [-0.4, -0.2) is 36.8 Å². The van der Waals surface area contributed by atoms with Gasteiger partial charge in [-0.1, -0.05) is 242 Å². The largest absolute Gasteiger partial charge is 0.324 e. The summed E-state index contributed by atoms with van der Waals surface area (Å²) in [4.78, 5) is 0. The lowest BCUT2D eigenvalue weighted by atomic mass is 9.13. The van der Waals surface area contributed by atoms with Gasteiger partial charge in [0.05, 0.1) is 32.3 Å². The van der Waals surface area contributed by atoms with E-state index in [1.54, 1.807) is 0 Å². The van der Waals surface area contributed by atoms with E-state index >= 15 is 0 Å². The van der Waals surface area contributed by atoms with Gasteiger partial charge in [-0.25, -0.2) is 0 Å². The molecule has 0 aliphatic heterocycles. The summed E-state index contributed by atoms with van der Waals surface area (Å²) < 4.78 is 1.42. The molecule has 0 aliphatic rings. The third-order valence-corrected chi connectivity index (χ3v) is 13.0. The van der Waals surface area contributed by atoms with Gasteiger partial charge < -0.3 is 4.48 Å². The van der Waals surface area contributed by atoms with Gasteiger partial charge in [0, 0.05) is 0 Å². The lowest BCUT2D eigenvalue weighted by Crippen LogP contribution is -2.67. The van der Waals surface area contributed by atoms with E-state index in [0.717, 1.165) is 6.32 Å². The van der Waals surface area contributed by atoms with Crippen LogP contribution in [0.15, 0.2) is 127 Å². The van der Waals surface area contributed by atoms with Gasteiger partial charge in [-0.2, -0.15) is 22.7 Å². The molecule has 0 spiro atoms. The Morgan fingerprint density at radius 3 is 0.982 bits per heavy atom. The molecule has 298 valence electrons. The minimum atomic E-state index is -1.27. The first kappa shape index (κ1) is 43.3. The van der Waals surface area contributed by atoms with Crippen molar-refractivity contribution in [2.24, 2.45) is 0 Å². The third kappa shape index (κ3) is 10.7. The fraction of sp³-hybridized carbons (Fsp3) is 0.444. The maximum absolute atomic E-state index is 2.43. The van der Waals surface area contributed by atoms with E-state index in [1.165, 1.54) is 169 Å². The van der Waals surface area contributed by atoms with Gasteiger partial charge in [0.1, 0.15) is 0 Å². The number of hydrogen-bond acceptors (Lipinski definition) is 0. The lowest BCUT2D eigenvalue weighted by Gasteiger charge is -2.45. The van der Waals surface area contributed by atoms with E-state index in [4.69, 9.17) is 0 Å². The molecule has 0 bridgehead atoms. The van der Waals surface area contributed by atoms with E-state index in [1.807, 2.05) is 0 Å². The standard InChI is InChI=1S/C38H38B.C16H36N/c1-2-3-4-5-6-13-29-39(36-26-14-20-30-17-7-10-23-33(30)36,37-27-15-21-31-18-8-11-24-34(31)37)38-28-16-22-32-19-9-12-25-35(32)38;1-5-9-13-17(14-10-6-2,15-11-7-3)16-12-8-4/h7-12,14-28H,2-6,13,29H2,1H3;5-16H2,1-4H3/q-1;+1. The molecule has 0 amide bonds. The molecule has 6 aromatic carbocycles. The highest BCUT2D eigenvalue weighted by Gasteiger charge is 2.33. The number of benzene rings is 6. The Bertz CT molecular complexity index is 1780. The van der Waals surface area contributed by atoms with Crippen molar-refractivity contribution in [1.29, 1.82) is 0 Å². The van der Waals surface area contributed by atoms with Crippen LogP contribution >= 0.6 is 0 Å². The summed E-state index contributed by atoms with van der Waals surface area (Å²) in [6.07, 6.45) is 18.7. The first-order chi connectivity index (χ1) is 27.6. The highest BCUT2D eigenvalue weighted by molar-refractivity contribution is 7.14. The van der Waals surface area contributed by atoms with Crippen molar-refractivity contribution in [2.75, 3.05) is 26.2 Å². The van der Waals surface area contributed by atoms with Gasteiger partial charge >= 0.3 is 0 Å². The second kappa shape index (κ2) is 22.8. The maximum Gasteiger partial charge on any atom is 0.0837 e. The number of hydrogen-bond donors (Lipinski definition) is 0. The predicted octanol–water partition coefficient (Wildman–Crippen LogP) is 14.0. The Morgan fingerprint density at radius 2 is 0.625 bits per heavy atom. The van der Waals surface area contributed by atoms with Gasteiger partial charge in [-0.15, -0.1) is 0 Å². The zero-order valence-electron chi connectivity index (χ0n) is 36.1. The molecule has 0 aliphatic carbocycles. The molecule has 0 N–H and O–H groups in total. The molecule has 6 aromatic rings. The van der Waals surface area contributed by atoms with Crippen LogP contribution in [0, 0.1) is 0 Å². The average Bonchev–Trinajstić information content (AvgIpc) is 3.25. The normalized spacial score (nSPS) is 11.9. The van der Waals surface area contributed by atoms with Crippen molar-refractivity contribution in [3.63, 3.8) is 0 Å². The molecule has 0 atom stereocenters. The molecular weight excluding hydrogens is 673 g/mol. The van der Waals surface area contributed by atoms with Crippen molar-refractivity contribution in [3.8, 4) is 0 Å². The van der Waals surface area contributed by atoms with Crippen LogP contribution in [0.2, 0.25) is 6.32 Å². The monoisotopic (exact) mass is 748 g/mol. The van der Waals surface area contributed by atoms with Crippen LogP contribution < -0.4 is 16.4 Å². The molecule has 56 heavy (non-hydrogen) atoms. The Balaban J connectivity index is 0.000000300. The molecule has 0 saturated carbocycles. The molecule has 1 nitrogen and oxygen atoms in total. The summed E-state index contributed by atoms with van der Waals surface area (Å²) in [5, 5.41) is 8.12. The average molecular weight is 748 g/mol. The predicted molar refractivity (Wildman–Crippen MR) is 254 cm³/mol. The zero-order valence-corrected chi connectivity index (χ0v) is 36.1. The summed E-state index contributed by atoms with van der Waals surface area (Å²) in [6.45, 7) is 17.3. The van der Waals surface area contributed by atoms with Gasteiger partial charge in [0.2, 0.25) is 0 Å². The van der Waals surface area contributed by atoms with E-state index in [-0.39, 0.29) is 0 Å². The first-order valence-corrected chi connectivity index (χ1v) is 23.0. The second-order valence-corrected chi connectivity index (χ2v) is 17.0. The van der Waals surface area contributed by atoms with Crippen molar-refractivity contribution in [3.05, 3.63) is 127 Å². The van der Waals surface area contributed by atoms with Crippen LogP contribution in [0.4, 0.5) is 0 Å². The summed E-state index contributed by atoms with van der Waals surface area (Å²) in [7, 11) is 0. The van der Waals surface area contributed by atoms with Crippen LogP contribution in [-0.2, 0) is 0 Å². The quantitative estimate of drug-likeness (QED) is 0.0369. The number of fused-ring (bicyclic) bond motifs is 3. The van der Waals surface area contributed by atoms with E-state index < -0.39 is 6.15 Å². The number of quaternary nitrogens is 1. The topological polar surface area (TPSA) is 0 Å². The lowest BCUT2D eigenvalue weighted by molar-refractivity contribution is -0.929. The highest BCUT2D eigenvalue weighted by Crippen LogP contribution is 2.28. The molecule has 0 saturated heterocycles. The molecule has 0 unspecified atom stereocenters. The molecule has 0 heterocycles. The Kier molecular flexibility index (Phi) is 17.6. The molecule has 6 rings (SSSR count). The fourth-order valence-electron chi connectivity index (χ4n) is 9.89. The molecular formula is C54H74BN. The minimum absolute atomic E-state index is 1.14. The van der Waals surface area contributed by atoms with Gasteiger partial charge in [-0.05, 0) is 41.8 Å². The van der Waals surface area contributed by atoms with Crippen LogP contribution in [0.5, 0.6) is 0 Å². The maximum atomic E-state index is 2.43. The third-order valence-electron chi connectivity index (χ3n) is 13.0. The van der Waals surface area contributed by atoms with Crippen molar-refractivity contribution < 1.29 is 4.48 Å². The van der Waals surface area contributed by atoms with Crippen molar-refractivity contribution >= 4 is 54.9 Å². The summed E-state index contributed by atoms with van der Waals surface area (Å²) in [5.74, 6) is 0. The number of nitrogens with zero attached hydrogens (tertiary/aromatic N) is 1. The second-order valence-electron chi connectivity index (χ2n) is 17.0.